The van der Waals surface area contributed by atoms with Crippen LogP contribution in [0.3, 0.4) is 0 Å². The van der Waals surface area contributed by atoms with E-state index in [1.54, 1.807) is 30.3 Å². The highest BCUT2D eigenvalue weighted by molar-refractivity contribution is 7.89. The molecular formula is C14H19NO5S. The van der Waals surface area contributed by atoms with Gasteiger partial charge in [-0.2, -0.15) is 0 Å². The molecule has 1 N–H and O–H groups in total. The van der Waals surface area contributed by atoms with E-state index >= 15 is 0 Å². The number of hydrogen-bond acceptors (Lipinski definition) is 4. The van der Waals surface area contributed by atoms with Gasteiger partial charge in [0.25, 0.3) is 0 Å². The Hall–Kier alpha value is -1.86. The van der Waals surface area contributed by atoms with Gasteiger partial charge in [-0.1, -0.05) is 24.8 Å². The Morgan fingerprint density at radius 3 is 2.52 bits per heavy atom. The maximum Gasteiger partial charge on any atom is 0.304 e. The third kappa shape index (κ3) is 5.97. The molecule has 0 saturated heterocycles. The van der Waals surface area contributed by atoms with Gasteiger partial charge in [0.1, 0.15) is 12.4 Å². The van der Waals surface area contributed by atoms with Crippen molar-refractivity contribution in [2.75, 3.05) is 19.4 Å². The molecule has 7 heteroatoms. The van der Waals surface area contributed by atoms with Gasteiger partial charge in [0, 0.05) is 13.6 Å². The van der Waals surface area contributed by atoms with Crippen LogP contribution in [0.25, 0.3) is 0 Å². The maximum atomic E-state index is 11.9. The van der Waals surface area contributed by atoms with Crippen molar-refractivity contribution in [1.29, 1.82) is 0 Å². The summed E-state index contributed by atoms with van der Waals surface area (Å²) < 4.78 is 30.2. The summed E-state index contributed by atoms with van der Waals surface area (Å²) in [5.74, 6) is -0.856. The Morgan fingerprint density at radius 1 is 1.38 bits per heavy atom. The lowest BCUT2D eigenvalue weighted by molar-refractivity contribution is -0.136. The van der Waals surface area contributed by atoms with Gasteiger partial charge in [-0.25, -0.2) is 12.7 Å². The number of aliphatic carboxylic acids is 1. The van der Waals surface area contributed by atoms with Crippen LogP contribution in [0.15, 0.2) is 36.9 Å². The summed E-state index contributed by atoms with van der Waals surface area (Å²) in [6.07, 6.45) is 1.23. The van der Waals surface area contributed by atoms with Crippen LogP contribution >= 0.6 is 0 Å². The van der Waals surface area contributed by atoms with E-state index in [0.717, 1.165) is 9.87 Å². The highest BCUT2D eigenvalue weighted by atomic mass is 32.2. The Bertz CT molecular complexity index is 580. The predicted octanol–water partition coefficient (Wildman–Crippen LogP) is 1.49. The van der Waals surface area contributed by atoms with Gasteiger partial charge in [0.05, 0.1) is 12.2 Å². The van der Waals surface area contributed by atoms with E-state index in [0.29, 0.717) is 12.4 Å². The van der Waals surface area contributed by atoms with E-state index in [2.05, 4.69) is 6.58 Å². The van der Waals surface area contributed by atoms with Gasteiger partial charge in [0.2, 0.25) is 10.0 Å². The van der Waals surface area contributed by atoms with E-state index in [-0.39, 0.29) is 6.54 Å². The highest BCUT2D eigenvalue weighted by Gasteiger charge is 2.19. The average Bonchev–Trinajstić information content (AvgIpc) is 2.44. The molecule has 0 aliphatic heterocycles. The second kappa shape index (κ2) is 7.80. The lowest BCUT2D eigenvalue weighted by atomic mass is 10.2. The SMILES string of the molecule is C=CCOc1ccc(CN(C)S(=O)(=O)CCC(=O)O)cc1. The summed E-state index contributed by atoms with van der Waals surface area (Å²) in [6.45, 7) is 4.14. The fourth-order valence-electron chi connectivity index (χ4n) is 1.57. The van der Waals surface area contributed by atoms with Crippen molar-refractivity contribution >= 4 is 16.0 Å². The highest BCUT2D eigenvalue weighted by Crippen LogP contribution is 2.14. The van der Waals surface area contributed by atoms with Crippen LogP contribution in [0.2, 0.25) is 0 Å². The summed E-state index contributed by atoms with van der Waals surface area (Å²) in [6, 6.07) is 7.02. The van der Waals surface area contributed by atoms with E-state index in [1.807, 2.05) is 0 Å². The maximum absolute atomic E-state index is 11.9. The van der Waals surface area contributed by atoms with Crippen molar-refractivity contribution in [1.82, 2.24) is 4.31 Å². The molecule has 1 aromatic carbocycles. The smallest absolute Gasteiger partial charge is 0.304 e. The zero-order valence-corrected chi connectivity index (χ0v) is 12.7. The first-order valence-electron chi connectivity index (χ1n) is 6.33. The number of carboxylic acids is 1. The third-order valence-corrected chi connectivity index (χ3v) is 4.54. The Morgan fingerprint density at radius 2 is 2.00 bits per heavy atom. The Kier molecular flexibility index (Phi) is 6.39. The molecular weight excluding hydrogens is 294 g/mol. The molecule has 116 valence electrons. The minimum absolute atomic E-state index is 0.184. The van der Waals surface area contributed by atoms with Crippen molar-refractivity contribution in [3.8, 4) is 5.75 Å². The van der Waals surface area contributed by atoms with Crippen molar-refractivity contribution in [3.63, 3.8) is 0 Å². The van der Waals surface area contributed by atoms with E-state index in [4.69, 9.17) is 9.84 Å². The van der Waals surface area contributed by atoms with Crippen molar-refractivity contribution in [3.05, 3.63) is 42.5 Å². The first-order valence-corrected chi connectivity index (χ1v) is 7.94. The fourth-order valence-corrected chi connectivity index (χ4v) is 2.66. The van der Waals surface area contributed by atoms with Crippen LogP contribution in [0.1, 0.15) is 12.0 Å². The third-order valence-electron chi connectivity index (χ3n) is 2.75. The molecule has 0 fully saturated rings. The largest absolute Gasteiger partial charge is 0.490 e. The van der Waals surface area contributed by atoms with Crippen molar-refractivity contribution in [2.24, 2.45) is 0 Å². The first kappa shape index (κ1) is 17.2. The molecule has 0 spiro atoms. The van der Waals surface area contributed by atoms with Crippen LogP contribution < -0.4 is 4.74 Å². The summed E-state index contributed by atoms with van der Waals surface area (Å²) in [5, 5.41) is 8.55. The summed E-state index contributed by atoms with van der Waals surface area (Å²) in [7, 11) is -2.14. The molecule has 1 rings (SSSR count). The summed E-state index contributed by atoms with van der Waals surface area (Å²) in [4.78, 5) is 10.4. The summed E-state index contributed by atoms with van der Waals surface area (Å²) >= 11 is 0. The van der Waals surface area contributed by atoms with E-state index < -0.39 is 28.2 Å². The molecule has 0 aromatic heterocycles. The van der Waals surface area contributed by atoms with Crippen LogP contribution in [-0.2, 0) is 21.4 Å². The minimum atomic E-state index is -3.57. The van der Waals surface area contributed by atoms with Gasteiger partial charge in [-0.15, -0.1) is 0 Å². The quantitative estimate of drug-likeness (QED) is 0.698. The fraction of sp³-hybridized carbons (Fsp3) is 0.357. The zero-order valence-electron chi connectivity index (χ0n) is 11.9. The number of carbonyl (C=O) groups is 1. The lowest BCUT2D eigenvalue weighted by Gasteiger charge is -2.16. The molecule has 0 aliphatic rings. The van der Waals surface area contributed by atoms with Gasteiger partial charge < -0.3 is 9.84 Å². The molecule has 21 heavy (non-hydrogen) atoms. The normalized spacial score (nSPS) is 11.3. The van der Waals surface area contributed by atoms with Gasteiger partial charge in [-0.3, -0.25) is 4.79 Å². The molecule has 0 heterocycles. The lowest BCUT2D eigenvalue weighted by Crippen LogP contribution is -2.29. The van der Waals surface area contributed by atoms with E-state index in [1.165, 1.54) is 7.05 Å². The van der Waals surface area contributed by atoms with E-state index in [9.17, 15) is 13.2 Å². The van der Waals surface area contributed by atoms with Crippen LogP contribution in [0.4, 0.5) is 0 Å². The number of hydrogen-bond donors (Lipinski definition) is 1. The van der Waals surface area contributed by atoms with Gasteiger partial charge in [-0.05, 0) is 17.7 Å². The van der Waals surface area contributed by atoms with Crippen LogP contribution in [-0.4, -0.2) is 43.2 Å². The molecule has 0 amide bonds. The predicted molar refractivity (Wildman–Crippen MR) is 79.6 cm³/mol. The second-order valence-corrected chi connectivity index (χ2v) is 6.65. The van der Waals surface area contributed by atoms with Crippen LogP contribution in [0.5, 0.6) is 5.75 Å². The van der Waals surface area contributed by atoms with Gasteiger partial charge >= 0.3 is 5.97 Å². The molecule has 0 aliphatic carbocycles. The molecule has 6 nitrogen and oxygen atoms in total. The molecule has 0 saturated carbocycles. The number of carboxylic acid groups (broad SMARTS) is 1. The summed E-state index contributed by atoms with van der Waals surface area (Å²) in [5.41, 5.74) is 0.794. The van der Waals surface area contributed by atoms with Crippen molar-refractivity contribution < 1.29 is 23.1 Å². The Balaban J connectivity index is 2.63. The first-order chi connectivity index (χ1) is 9.85. The number of rotatable bonds is 9. The molecule has 0 unspecified atom stereocenters. The number of benzene rings is 1. The minimum Gasteiger partial charge on any atom is -0.490 e. The number of sulfonamides is 1. The number of ether oxygens (including phenoxy) is 1. The molecule has 0 bridgehead atoms. The number of nitrogens with zero attached hydrogens (tertiary/aromatic N) is 1. The van der Waals surface area contributed by atoms with Gasteiger partial charge in [0.15, 0.2) is 0 Å². The Labute approximate surface area is 124 Å². The molecule has 0 radical (unpaired) electrons. The monoisotopic (exact) mass is 313 g/mol. The molecule has 0 atom stereocenters. The average molecular weight is 313 g/mol. The van der Waals surface area contributed by atoms with Crippen LogP contribution in [0, 0.1) is 0 Å². The zero-order chi connectivity index (χ0) is 15.9. The topological polar surface area (TPSA) is 83.9 Å². The second-order valence-electron chi connectivity index (χ2n) is 4.46. The van der Waals surface area contributed by atoms with Crippen molar-refractivity contribution in [2.45, 2.75) is 13.0 Å². The molecule has 1 aromatic rings. The standard InChI is InChI=1S/C14H19NO5S/c1-3-9-20-13-6-4-12(5-7-13)11-15(2)21(18,19)10-8-14(16)17/h3-7H,1,8-11H2,2H3,(H,16,17).